The topological polar surface area (TPSA) is 98.0 Å². The van der Waals surface area contributed by atoms with E-state index in [-0.39, 0.29) is 23.8 Å². The SMILES string of the molecule is NC(=O)CCNC(=O)c1ccc(Cl)nn1. The van der Waals surface area contributed by atoms with Gasteiger partial charge in [0.1, 0.15) is 0 Å². The van der Waals surface area contributed by atoms with Crippen molar-refractivity contribution in [2.24, 2.45) is 5.73 Å². The Morgan fingerprint density at radius 3 is 2.67 bits per heavy atom. The van der Waals surface area contributed by atoms with E-state index in [9.17, 15) is 9.59 Å². The molecule has 7 heteroatoms. The molecule has 1 aromatic heterocycles. The lowest BCUT2D eigenvalue weighted by molar-refractivity contribution is -0.117. The van der Waals surface area contributed by atoms with Crippen LogP contribution in [-0.2, 0) is 4.79 Å². The fourth-order valence-corrected chi connectivity index (χ4v) is 0.928. The van der Waals surface area contributed by atoms with Gasteiger partial charge >= 0.3 is 0 Å². The first kappa shape index (κ1) is 11.4. The van der Waals surface area contributed by atoms with Crippen molar-refractivity contribution in [3.05, 3.63) is 23.0 Å². The highest BCUT2D eigenvalue weighted by Crippen LogP contribution is 2.01. The van der Waals surface area contributed by atoms with Crippen LogP contribution < -0.4 is 11.1 Å². The molecule has 3 N–H and O–H groups in total. The number of hydrogen-bond acceptors (Lipinski definition) is 4. The third-order valence-corrected chi connectivity index (χ3v) is 1.72. The van der Waals surface area contributed by atoms with E-state index in [0.717, 1.165) is 0 Å². The Morgan fingerprint density at radius 1 is 1.40 bits per heavy atom. The molecule has 15 heavy (non-hydrogen) atoms. The quantitative estimate of drug-likeness (QED) is 0.742. The van der Waals surface area contributed by atoms with E-state index in [0.29, 0.717) is 0 Å². The van der Waals surface area contributed by atoms with E-state index in [1.165, 1.54) is 12.1 Å². The van der Waals surface area contributed by atoms with Gasteiger partial charge in [-0.1, -0.05) is 11.6 Å². The minimum atomic E-state index is -0.475. The first-order valence-electron chi connectivity index (χ1n) is 4.15. The molecule has 0 bridgehead atoms. The standard InChI is InChI=1S/C8H9ClN4O2/c9-6-2-1-5(12-13-6)8(15)11-4-3-7(10)14/h1-2H,3-4H2,(H2,10,14)(H,11,15). The number of nitrogens with two attached hydrogens (primary N) is 1. The maximum Gasteiger partial charge on any atom is 0.271 e. The molecule has 0 aliphatic heterocycles. The first-order valence-corrected chi connectivity index (χ1v) is 4.53. The molecule has 1 heterocycles. The number of carbonyl (C=O) groups excluding carboxylic acids is 2. The Morgan fingerprint density at radius 2 is 2.13 bits per heavy atom. The van der Waals surface area contributed by atoms with E-state index >= 15 is 0 Å². The van der Waals surface area contributed by atoms with Gasteiger partial charge < -0.3 is 11.1 Å². The summed E-state index contributed by atoms with van der Waals surface area (Å²) in [5.74, 6) is -0.891. The van der Waals surface area contributed by atoms with Crippen LogP contribution in [0, 0.1) is 0 Å². The number of nitrogens with one attached hydrogen (secondary N) is 1. The minimum Gasteiger partial charge on any atom is -0.370 e. The lowest BCUT2D eigenvalue weighted by Crippen LogP contribution is -2.28. The summed E-state index contributed by atoms with van der Waals surface area (Å²) in [6.45, 7) is 0.179. The monoisotopic (exact) mass is 228 g/mol. The lowest BCUT2D eigenvalue weighted by atomic mass is 10.3. The lowest BCUT2D eigenvalue weighted by Gasteiger charge is -2.01. The van der Waals surface area contributed by atoms with Crippen molar-refractivity contribution in [1.29, 1.82) is 0 Å². The molecule has 0 aliphatic carbocycles. The van der Waals surface area contributed by atoms with Gasteiger partial charge in [0.15, 0.2) is 10.8 Å². The molecule has 1 rings (SSSR count). The van der Waals surface area contributed by atoms with E-state index in [1.54, 1.807) is 0 Å². The van der Waals surface area contributed by atoms with Crippen LogP contribution in [0.4, 0.5) is 0 Å². The van der Waals surface area contributed by atoms with Gasteiger partial charge in [-0.05, 0) is 12.1 Å². The highest BCUT2D eigenvalue weighted by molar-refractivity contribution is 6.29. The van der Waals surface area contributed by atoms with E-state index in [1.807, 2.05) is 0 Å². The van der Waals surface area contributed by atoms with Crippen molar-refractivity contribution < 1.29 is 9.59 Å². The Balaban J connectivity index is 2.47. The highest BCUT2D eigenvalue weighted by Gasteiger charge is 2.07. The first-order chi connectivity index (χ1) is 7.09. The molecular weight excluding hydrogens is 220 g/mol. The molecule has 0 unspecified atom stereocenters. The van der Waals surface area contributed by atoms with Gasteiger partial charge in [0.25, 0.3) is 5.91 Å². The second kappa shape index (κ2) is 5.26. The second-order valence-corrected chi connectivity index (χ2v) is 3.10. The number of nitrogens with zero attached hydrogens (tertiary/aromatic N) is 2. The van der Waals surface area contributed by atoms with Gasteiger partial charge in [-0.25, -0.2) is 0 Å². The van der Waals surface area contributed by atoms with Crippen molar-refractivity contribution in [3.63, 3.8) is 0 Å². The fourth-order valence-electron chi connectivity index (χ4n) is 0.827. The van der Waals surface area contributed by atoms with Crippen molar-refractivity contribution in [1.82, 2.24) is 15.5 Å². The van der Waals surface area contributed by atoms with Gasteiger partial charge in [-0.3, -0.25) is 9.59 Å². The maximum absolute atomic E-state index is 11.3. The average molecular weight is 229 g/mol. The molecule has 0 fully saturated rings. The Bertz CT molecular complexity index is 365. The predicted octanol–water partition coefficient (Wildman–Crippen LogP) is -0.265. The molecule has 0 aromatic carbocycles. The van der Waals surface area contributed by atoms with Gasteiger partial charge in [0, 0.05) is 13.0 Å². The molecule has 80 valence electrons. The summed E-state index contributed by atoms with van der Waals surface area (Å²) >= 11 is 5.50. The molecule has 0 saturated carbocycles. The smallest absolute Gasteiger partial charge is 0.271 e. The van der Waals surface area contributed by atoms with Crippen LogP contribution in [0.25, 0.3) is 0 Å². The summed E-state index contributed by atoms with van der Waals surface area (Å²) in [4.78, 5) is 21.7. The van der Waals surface area contributed by atoms with Crippen LogP contribution >= 0.6 is 11.6 Å². The fraction of sp³-hybridized carbons (Fsp3) is 0.250. The molecule has 0 saturated heterocycles. The number of primary amides is 1. The number of amides is 2. The molecule has 0 aliphatic rings. The average Bonchev–Trinajstić information content (AvgIpc) is 2.18. The number of carbonyl (C=O) groups is 2. The summed E-state index contributed by atoms with van der Waals surface area (Å²) < 4.78 is 0. The zero-order valence-electron chi connectivity index (χ0n) is 7.74. The zero-order valence-corrected chi connectivity index (χ0v) is 8.49. The third-order valence-electron chi connectivity index (χ3n) is 1.52. The summed E-state index contributed by atoms with van der Waals surface area (Å²) in [5.41, 5.74) is 5.04. The van der Waals surface area contributed by atoms with Crippen LogP contribution in [0.3, 0.4) is 0 Å². The van der Waals surface area contributed by atoms with Gasteiger partial charge in [0.05, 0.1) is 0 Å². The van der Waals surface area contributed by atoms with E-state index < -0.39 is 11.8 Å². The van der Waals surface area contributed by atoms with Crippen molar-refractivity contribution in [2.45, 2.75) is 6.42 Å². The van der Waals surface area contributed by atoms with Crippen molar-refractivity contribution in [3.8, 4) is 0 Å². The summed E-state index contributed by atoms with van der Waals surface area (Å²) in [5, 5.41) is 9.75. The Hall–Kier alpha value is -1.69. The van der Waals surface area contributed by atoms with Crippen LogP contribution in [0.5, 0.6) is 0 Å². The maximum atomic E-state index is 11.3. The van der Waals surface area contributed by atoms with Gasteiger partial charge in [0.2, 0.25) is 5.91 Å². The molecule has 0 radical (unpaired) electrons. The molecule has 1 aromatic rings. The van der Waals surface area contributed by atoms with Crippen LogP contribution in [0.1, 0.15) is 16.9 Å². The summed E-state index contributed by atoms with van der Waals surface area (Å²) in [6, 6.07) is 2.90. The molecular formula is C8H9ClN4O2. The molecule has 2 amide bonds. The van der Waals surface area contributed by atoms with E-state index in [4.69, 9.17) is 17.3 Å². The van der Waals surface area contributed by atoms with Crippen LogP contribution in [0.2, 0.25) is 5.15 Å². The highest BCUT2D eigenvalue weighted by atomic mass is 35.5. The number of hydrogen-bond donors (Lipinski definition) is 2. The van der Waals surface area contributed by atoms with Crippen molar-refractivity contribution >= 4 is 23.4 Å². The summed E-state index contributed by atoms with van der Waals surface area (Å²) in [7, 11) is 0. The normalized spacial score (nSPS) is 9.67. The van der Waals surface area contributed by atoms with Crippen LogP contribution in [-0.4, -0.2) is 28.6 Å². The predicted molar refractivity (Wildman–Crippen MR) is 53.2 cm³/mol. The van der Waals surface area contributed by atoms with Crippen molar-refractivity contribution in [2.75, 3.05) is 6.54 Å². The zero-order chi connectivity index (χ0) is 11.3. The Labute approximate surface area is 90.8 Å². The Kier molecular flexibility index (Phi) is 3.99. The number of halogens is 1. The number of rotatable bonds is 4. The molecule has 0 spiro atoms. The van der Waals surface area contributed by atoms with E-state index in [2.05, 4.69) is 15.5 Å². The van der Waals surface area contributed by atoms with Crippen LogP contribution in [0.15, 0.2) is 12.1 Å². The third kappa shape index (κ3) is 3.90. The second-order valence-electron chi connectivity index (χ2n) is 2.71. The number of aromatic nitrogens is 2. The van der Waals surface area contributed by atoms with Gasteiger partial charge in [-0.15, -0.1) is 10.2 Å². The van der Waals surface area contributed by atoms with Gasteiger partial charge in [-0.2, -0.15) is 0 Å². The molecule has 0 atom stereocenters. The minimum absolute atomic E-state index is 0.0900. The largest absolute Gasteiger partial charge is 0.370 e. The summed E-state index contributed by atoms with van der Waals surface area (Å²) in [6.07, 6.45) is 0.0900. The molecule has 6 nitrogen and oxygen atoms in total.